The number of carbonyl (C=O) groups excluding carboxylic acids is 1. The molecule has 2 aromatic carbocycles. The Morgan fingerprint density at radius 2 is 1.79 bits per heavy atom. The summed E-state index contributed by atoms with van der Waals surface area (Å²) in [7, 11) is 1.63. The molecule has 0 saturated heterocycles. The average molecular weight is 364 g/mol. The molecule has 3 heteroatoms. The van der Waals surface area contributed by atoms with Gasteiger partial charge in [0.05, 0.1) is 7.11 Å². The molecule has 0 unspecified atom stereocenters. The zero-order chi connectivity index (χ0) is 13.7. The van der Waals surface area contributed by atoms with Crippen LogP contribution in [0.4, 0.5) is 0 Å². The van der Waals surface area contributed by atoms with Gasteiger partial charge in [-0.15, -0.1) is 0 Å². The predicted octanol–water partition coefficient (Wildman–Crippen LogP) is 4.20. The quantitative estimate of drug-likeness (QED) is 0.462. The Balaban J connectivity index is 2.14. The van der Waals surface area contributed by atoms with Gasteiger partial charge >= 0.3 is 0 Å². The van der Waals surface area contributed by atoms with Gasteiger partial charge in [0.15, 0.2) is 5.78 Å². The van der Waals surface area contributed by atoms with Crippen LogP contribution in [0.5, 0.6) is 5.75 Å². The Hall–Kier alpha value is -1.62. The normalized spacial score (nSPS) is 10.6. The summed E-state index contributed by atoms with van der Waals surface area (Å²) < 4.78 is 6.05. The largest absolute Gasteiger partial charge is 0.497 e. The van der Waals surface area contributed by atoms with Crippen LogP contribution in [0.1, 0.15) is 15.9 Å². The number of halogens is 1. The second-order valence-electron chi connectivity index (χ2n) is 3.95. The van der Waals surface area contributed by atoms with Crippen molar-refractivity contribution in [1.82, 2.24) is 0 Å². The first kappa shape index (κ1) is 13.8. The first-order valence-electron chi connectivity index (χ1n) is 5.81. The van der Waals surface area contributed by atoms with E-state index in [0.29, 0.717) is 0 Å². The van der Waals surface area contributed by atoms with Crippen molar-refractivity contribution in [2.75, 3.05) is 7.11 Å². The molecule has 0 N–H and O–H groups in total. The van der Waals surface area contributed by atoms with Crippen molar-refractivity contribution < 1.29 is 9.53 Å². The van der Waals surface area contributed by atoms with Gasteiger partial charge in [0.25, 0.3) is 0 Å². The highest BCUT2D eigenvalue weighted by Gasteiger charge is 2.05. The first-order chi connectivity index (χ1) is 9.20. The number of allylic oxidation sites excluding steroid dienone is 1. The molecule has 96 valence electrons. The lowest BCUT2D eigenvalue weighted by molar-refractivity contribution is 0.104. The average Bonchev–Trinajstić information content (AvgIpc) is 2.46. The molecule has 0 atom stereocenters. The van der Waals surface area contributed by atoms with Crippen molar-refractivity contribution in [3.05, 3.63) is 69.3 Å². The minimum Gasteiger partial charge on any atom is -0.497 e. The summed E-state index contributed by atoms with van der Waals surface area (Å²) >= 11 is 2.17. The number of methoxy groups -OCH3 is 1. The van der Waals surface area contributed by atoms with Crippen LogP contribution in [-0.2, 0) is 0 Å². The van der Waals surface area contributed by atoms with E-state index in [1.54, 1.807) is 13.2 Å². The SMILES string of the molecule is COc1ccc(C=CC(=O)c2ccccc2I)cc1. The van der Waals surface area contributed by atoms with Gasteiger partial charge in [0.2, 0.25) is 0 Å². The van der Waals surface area contributed by atoms with Crippen molar-refractivity contribution >= 4 is 34.5 Å². The minimum absolute atomic E-state index is 0.0146. The molecule has 19 heavy (non-hydrogen) atoms. The summed E-state index contributed by atoms with van der Waals surface area (Å²) in [5.41, 5.74) is 1.70. The Labute approximate surface area is 126 Å². The van der Waals surface area contributed by atoms with Gasteiger partial charge < -0.3 is 4.74 Å². The molecule has 0 amide bonds. The standard InChI is InChI=1S/C16H13IO2/c1-19-13-9-6-12(7-10-13)8-11-16(18)14-4-2-3-5-15(14)17/h2-11H,1H3. The van der Waals surface area contributed by atoms with E-state index in [-0.39, 0.29) is 5.78 Å². The van der Waals surface area contributed by atoms with E-state index < -0.39 is 0 Å². The predicted molar refractivity (Wildman–Crippen MR) is 85.5 cm³/mol. The van der Waals surface area contributed by atoms with E-state index in [0.717, 1.165) is 20.4 Å². The number of ether oxygens (including phenoxy) is 1. The van der Waals surface area contributed by atoms with Crippen molar-refractivity contribution in [2.45, 2.75) is 0 Å². The lowest BCUT2D eigenvalue weighted by atomic mass is 10.1. The summed E-state index contributed by atoms with van der Waals surface area (Å²) in [4.78, 5) is 12.0. The van der Waals surface area contributed by atoms with E-state index >= 15 is 0 Å². The summed E-state index contributed by atoms with van der Waals surface area (Å²) in [5, 5.41) is 0. The van der Waals surface area contributed by atoms with Crippen molar-refractivity contribution in [2.24, 2.45) is 0 Å². The number of ketones is 1. The fourth-order valence-corrected chi connectivity index (χ4v) is 2.29. The molecule has 0 aliphatic carbocycles. The van der Waals surface area contributed by atoms with E-state index in [2.05, 4.69) is 22.6 Å². The molecule has 0 saturated carbocycles. The van der Waals surface area contributed by atoms with E-state index in [1.165, 1.54) is 0 Å². The van der Waals surface area contributed by atoms with E-state index in [1.807, 2.05) is 54.6 Å². The lowest BCUT2D eigenvalue weighted by Crippen LogP contribution is -1.96. The van der Waals surface area contributed by atoms with E-state index in [4.69, 9.17) is 4.74 Å². The monoisotopic (exact) mass is 364 g/mol. The topological polar surface area (TPSA) is 26.3 Å². The smallest absolute Gasteiger partial charge is 0.186 e. The van der Waals surface area contributed by atoms with Crippen LogP contribution in [0, 0.1) is 3.57 Å². The molecule has 0 radical (unpaired) electrons. The summed E-state index contributed by atoms with van der Waals surface area (Å²) in [6.07, 6.45) is 3.41. The summed E-state index contributed by atoms with van der Waals surface area (Å²) in [6, 6.07) is 15.1. The molecule has 0 heterocycles. The molecule has 0 aliphatic heterocycles. The lowest BCUT2D eigenvalue weighted by Gasteiger charge is -2.00. The Morgan fingerprint density at radius 3 is 2.42 bits per heavy atom. The van der Waals surface area contributed by atoms with Crippen LogP contribution in [0.25, 0.3) is 6.08 Å². The summed E-state index contributed by atoms with van der Waals surface area (Å²) in [5.74, 6) is 0.821. The van der Waals surface area contributed by atoms with Crippen LogP contribution < -0.4 is 4.74 Å². The van der Waals surface area contributed by atoms with Gasteiger partial charge in [0.1, 0.15) is 5.75 Å². The number of hydrogen-bond acceptors (Lipinski definition) is 2. The maximum atomic E-state index is 12.0. The molecular weight excluding hydrogens is 351 g/mol. The molecule has 2 aromatic rings. The molecular formula is C16H13IO2. The number of hydrogen-bond donors (Lipinski definition) is 0. The summed E-state index contributed by atoms with van der Waals surface area (Å²) in [6.45, 7) is 0. The van der Waals surface area contributed by atoms with Crippen LogP contribution in [0.3, 0.4) is 0 Å². The van der Waals surface area contributed by atoms with Gasteiger partial charge in [-0.3, -0.25) is 4.79 Å². The molecule has 0 aromatic heterocycles. The zero-order valence-electron chi connectivity index (χ0n) is 10.5. The van der Waals surface area contributed by atoms with Gasteiger partial charge in [-0.05, 0) is 58.5 Å². The van der Waals surface area contributed by atoms with Gasteiger partial charge in [-0.25, -0.2) is 0 Å². The first-order valence-corrected chi connectivity index (χ1v) is 6.89. The Bertz CT molecular complexity index is 600. The van der Waals surface area contributed by atoms with Gasteiger partial charge in [0, 0.05) is 9.13 Å². The highest BCUT2D eigenvalue weighted by molar-refractivity contribution is 14.1. The fourth-order valence-electron chi connectivity index (χ4n) is 1.64. The Morgan fingerprint density at radius 1 is 1.11 bits per heavy atom. The maximum Gasteiger partial charge on any atom is 0.186 e. The number of benzene rings is 2. The molecule has 0 bridgehead atoms. The second-order valence-corrected chi connectivity index (χ2v) is 5.11. The van der Waals surface area contributed by atoms with Gasteiger partial charge in [-0.1, -0.05) is 30.3 Å². The number of carbonyl (C=O) groups is 1. The van der Waals surface area contributed by atoms with Crippen LogP contribution in [-0.4, -0.2) is 12.9 Å². The van der Waals surface area contributed by atoms with Crippen molar-refractivity contribution in [3.8, 4) is 5.75 Å². The zero-order valence-corrected chi connectivity index (χ0v) is 12.6. The fraction of sp³-hybridized carbons (Fsp3) is 0.0625. The molecule has 2 rings (SSSR count). The molecule has 0 fully saturated rings. The number of rotatable bonds is 4. The Kier molecular flexibility index (Phi) is 4.74. The van der Waals surface area contributed by atoms with Crippen LogP contribution in [0.15, 0.2) is 54.6 Å². The highest BCUT2D eigenvalue weighted by Crippen LogP contribution is 2.15. The molecule has 0 spiro atoms. The third-order valence-corrected chi connectivity index (χ3v) is 3.62. The van der Waals surface area contributed by atoms with Crippen LogP contribution in [0.2, 0.25) is 0 Å². The molecule has 0 aliphatic rings. The van der Waals surface area contributed by atoms with Crippen molar-refractivity contribution in [3.63, 3.8) is 0 Å². The van der Waals surface area contributed by atoms with E-state index in [9.17, 15) is 4.79 Å². The van der Waals surface area contributed by atoms with Gasteiger partial charge in [-0.2, -0.15) is 0 Å². The van der Waals surface area contributed by atoms with Crippen LogP contribution >= 0.6 is 22.6 Å². The minimum atomic E-state index is 0.0146. The highest BCUT2D eigenvalue weighted by atomic mass is 127. The second kappa shape index (κ2) is 6.52. The molecule has 2 nitrogen and oxygen atoms in total. The third-order valence-electron chi connectivity index (χ3n) is 2.68. The van der Waals surface area contributed by atoms with Crippen molar-refractivity contribution in [1.29, 1.82) is 0 Å². The maximum absolute atomic E-state index is 12.0. The third kappa shape index (κ3) is 3.67.